The van der Waals surface area contributed by atoms with Crippen molar-refractivity contribution in [2.75, 3.05) is 0 Å². The highest BCUT2D eigenvalue weighted by molar-refractivity contribution is 6.33. The minimum Gasteiger partial charge on any atom is -0.488 e. The van der Waals surface area contributed by atoms with E-state index in [0.29, 0.717) is 34.1 Å². The van der Waals surface area contributed by atoms with Crippen LogP contribution in [0.25, 0.3) is 22.2 Å². The van der Waals surface area contributed by atoms with Crippen LogP contribution < -0.4 is 4.74 Å². The fourth-order valence-corrected chi connectivity index (χ4v) is 4.81. The van der Waals surface area contributed by atoms with Gasteiger partial charge in [0, 0.05) is 41.1 Å². The number of hydrogen-bond acceptors (Lipinski definition) is 4. The Hall–Kier alpha value is -4.21. The van der Waals surface area contributed by atoms with Gasteiger partial charge in [-0.1, -0.05) is 42.0 Å². The number of hydrogen-bond donors (Lipinski definition) is 0. The summed E-state index contributed by atoms with van der Waals surface area (Å²) in [6.45, 7) is 2.60. The molecule has 6 rings (SSSR count). The van der Waals surface area contributed by atoms with Crippen LogP contribution in [0.3, 0.4) is 0 Å². The first-order chi connectivity index (χ1) is 17.0. The monoisotopic (exact) mass is 480 g/mol. The number of aromatic nitrogens is 3. The molecule has 3 heterocycles. The number of imidazole rings is 1. The maximum atomic E-state index is 13.9. The lowest BCUT2D eigenvalue weighted by atomic mass is 9.90. The van der Waals surface area contributed by atoms with Crippen molar-refractivity contribution in [3.05, 3.63) is 112 Å². The van der Waals surface area contributed by atoms with Gasteiger partial charge in [-0.2, -0.15) is 5.26 Å². The van der Waals surface area contributed by atoms with Gasteiger partial charge in [0.15, 0.2) is 5.15 Å². The third kappa shape index (κ3) is 3.52. The molecule has 0 bridgehead atoms. The summed E-state index contributed by atoms with van der Waals surface area (Å²) < 4.78 is 22.1. The Morgan fingerprint density at radius 3 is 2.80 bits per heavy atom. The Bertz CT molecular complexity index is 1670. The number of benzene rings is 2. The third-order valence-corrected chi connectivity index (χ3v) is 6.63. The van der Waals surface area contributed by atoms with E-state index >= 15 is 0 Å². The van der Waals surface area contributed by atoms with E-state index in [4.69, 9.17) is 21.3 Å². The van der Waals surface area contributed by atoms with E-state index in [0.717, 1.165) is 39.2 Å². The summed E-state index contributed by atoms with van der Waals surface area (Å²) in [5, 5.41) is 10.1. The summed E-state index contributed by atoms with van der Waals surface area (Å²) in [4.78, 5) is 8.94. The second-order valence-corrected chi connectivity index (χ2v) is 8.86. The maximum Gasteiger partial charge on any atom is 0.156 e. The molecule has 0 fully saturated rings. The number of nitriles is 1. The van der Waals surface area contributed by atoms with E-state index in [1.807, 2.05) is 36.4 Å². The average Bonchev–Trinajstić information content (AvgIpc) is 3.08. The lowest BCUT2D eigenvalue weighted by Crippen LogP contribution is -2.07. The SMILES string of the molecule is C/C(C#N)=C1\c2ccc(Cn3c(C4=CC=C4)nc4c(Cl)nccc43)cc2COc2cc(F)ccc21. The lowest BCUT2D eigenvalue weighted by Gasteiger charge is -2.15. The van der Waals surface area contributed by atoms with E-state index in [1.54, 1.807) is 19.2 Å². The Balaban J connectivity index is 1.46. The summed E-state index contributed by atoms with van der Waals surface area (Å²) in [7, 11) is 0. The van der Waals surface area contributed by atoms with Crippen molar-refractivity contribution >= 4 is 33.8 Å². The van der Waals surface area contributed by atoms with Crippen molar-refractivity contribution in [1.29, 1.82) is 5.26 Å². The van der Waals surface area contributed by atoms with Crippen molar-refractivity contribution in [1.82, 2.24) is 14.5 Å². The van der Waals surface area contributed by atoms with E-state index in [1.165, 1.54) is 12.1 Å². The standard InChI is InChI=1S/C28H18ClFN4O/c1-16(13-31)25-21-7-5-17(11-19(21)15-35-24-12-20(30)6-8-22(24)25)14-34-23-9-10-32-27(29)26(23)33-28(34)18-3-2-4-18/h2-12H,14-15H2,1H3/b25-16-. The Kier molecular flexibility index (Phi) is 5.01. The number of ether oxygens (including phenoxy) is 1. The molecule has 7 heteroatoms. The molecule has 0 amide bonds. The number of nitrogens with zero attached hydrogens (tertiary/aromatic N) is 4. The van der Waals surface area contributed by atoms with Crippen LogP contribution in [0, 0.1) is 17.1 Å². The predicted octanol–water partition coefficient (Wildman–Crippen LogP) is 6.46. The molecule has 2 aliphatic rings. The molecule has 0 radical (unpaired) electrons. The fourth-order valence-electron chi connectivity index (χ4n) is 4.62. The first kappa shape index (κ1) is 21.3. The molecule has 0 N–H and O–H groups in total. The van der Waals surface area contributed by atoms with E-state index < -0.39 is 0 Å². The van der Waals surface area contributed by atoms with Crippen molar-refractivity contribution < 1.29 is 9.13 Å². The van der Waals surface area contributed by atoms with Gasteiger partial charge in [0.2, 0.25) is 0 Å². The van der Waals surface area contributed by atoms with Gasteiger partial charge >= 0.3 is 0 Å². The van der Waals surface area contributed by atoms with Crippen LogP contribution in [0.4, 0.5) is 4.39 Å². The Labute approximate surface area is 206 Å². The maximum absolute atomic E-state index is 13.9. The smallest absolute Gasteiger partial charge is 0.156 e. The van der Waals surface area contributed by atoms with Crippen LogP contribution in [0.1, 0.15) is 35.0 Å². The molecule has 1 aliphatic carbocycles. The highest BCUT2D eigenvalue weighted by Crippen LogP contribution is 2.39. The lowest BCUT2D eigenvalue weighted by molar-refractivity contribution is 0.305. The van der Waals surface area contributed by atoms with Crippen molar-refractivity contribution in [3.8, 4) is 11.8 Å². The van der Waals surface area contributed by atoms with Crippen LogP contribution in [0.5, 0.6) is 5.75 Å². The van der Waals surface area contributed by atoms with Gasteiger partial charge in [0.25, 0.3) is 0 Å². The molecule has 0 unspecified atom stereocenters. The molecule has 2 aromatic heterocycles. The van der Waals surface area contributed by atoms with Crippen LogP contribution >= 0.6 is 11.6 Å². The summed E-state index contributed by atoms with van der Waals surface area (Å²) in [6, 6.07) is 14.7. The molecular formula is C28H18ClFN4O. The number of allylic oxidation sites excluding steroid dienone is 5. The number of rotatable bonds is 3. The van der Waals surface area contributed by atoms with Gasteiger partial charge in [-0.25, -0.2) is 14.4 Å². The van der Waals surface area contributed by atoms with Crippen molar-refractivity contribution in [3.63, 3.8) is 0 Å². The minimum absolute atomic E-state index is 0.267. The van der Waals surface area contributed by atoms with Crippen LogP contribution in [0.15, 0.2) is 72.5 Å². The summed E-state index contributed by atoms with van der Waals surface area (Å²) in [5.74, 6) is 0.879. The molecule has 5 nitrogen and oxygen atoms in total. The van der Waals surface area contributed by atoms with E-state index in [9.17, 15) is 9.65 Å². The second kappa shape index (κ2) is 8.23. The Morgan fingerprint density at radius 1 is 1.20 bits per heavy atom. The van der Waals surface area contributed by atoms with Gasteiger partial charge in [-0.05, 0) is 47.9 Å². The fraction of sp³-hybridized carbons (Fsp3) is 0.107. The molecule has 1 aliphatic heterocycles. The van der Waals surface area contributed by atoms with Crippen molar-refractivity contribution in [2.45, 2.75) is 20.1 Å². The molecular weight excluding hydrogens is 463 g/mol. The molecule has 4 aromatic rings. The average molecular weight is 481 g/mol. The zero-order valence-corrected chi connectivity index (χ0v) is 19.5. The normalized spacial score (nSPS) is 15.3. The second-order valence-electron chi connectivity index (χ2n) is 8.50. The van der Waals surface area contributed by atoms with Gasteiger partial charge < -0.3 is 9.30 Å². The van der Waals surface area contributed by atoms with Gasteiger partial charge in [0.05, 0.1) is 11.6 Å². The first-order valence-electron chi connectivity index (χ1n) is 11.1. The quantitative estimate of drug-likeness (QED) is 0.249. The summed E-state index contributed by atoms with van der Waals surface area (Å²) in [6.07, 6.45) is 7.69. The zero-order valence-electron chi connectivity index (χ0n) is 18.7. The molecule has 2 aromatic carbocycles. The number of halogens is 2. The molecule has 0 saturated heterocycles. The van der Waals surface area contributed by atoms with E-state index in [2.05, 4.69) is 21.7 Å². The number of fused-ring (bicyclic) bond motifs is 3. The molecule has 0 saturated carbocycles. The summed E-state index contributed by atoms with van der Waals surface area (Å²) >= 11 is 6.34. The largest absolute Gasteiger partial charge is 0.488 e. The van der Waals surface area contributed by atoms with Crippen LogP contribution in [0.2, 0.25) is 5.15 Å². The predicted molar refractivity (Wildman–Crippen MR) is 133 cm³/mol. The van der Waals surface area contributed by atoms with Crippen LogP contribution in [-0.4, -0.2) is 14.5 Å². The number of pyridine rings is 1. The highest BCUT2D eigenvalue weighted by atomic mass is 35.5. The highest BCUT2D eigenvalue weighted by Gasteiger charge is 2.23. The molecule has 0 atom stereocenters. The van der Waals surface area contributed by atoms with E-state index in [-0.39, 0.29) is 12.4 Å². The topological polar surface area (TPSA) is 63.7 Å². The third-order valence-electron chi connectivity index (χ3n) is 6.35. The van der Waals surface area contributed by atoms with Crippen molar-refractivity contribution in [2.24, 2.45) is 0 Å². The molecule has 170 valence electrons. The first-order valence-corrected chi connectivity index (χ1v) is 11.5. The van der Waals surface area contributed by atoms with Gasteiger partial charge in [-0.3, -0.25) is 0 Å². The van der Waals surface area contributed by atoms with Gasteiger partial charge in [0.1, 0.15) is 29.5 Å². The molecule has 0 spiro atoms. The summed E-state index contributed by atoms with van der Waals surface area (Å²) in [5.41, 5.74) is 7.49. The molecule has 35 heavy (non-hydrogen) atoms. The van der Waals surface area contributed by atoms with Crippen LogP contribution in [-0.2, 0) is 13.2 Å². The zero-order chi connectivity index (χ0) is 24.1. The van der Waals surface area contributed by atoms with Gasteiger partial charge in [-0.15, -0.1) is 0 Å². The minimum atomic E-state index is -0.378. The Morgan fingerprint density at radius 2 is 2.03 bits per heavy atom.